The Hall–Kier alpha value is -1.88. The summed E-state index contributed by atoms with van der Waals surface area (Å²) < 4.78 is 10.4. The van der Waals surface area contributed by atoms with Gasteiger partial charge in [0.05, 0.1) is 19.8 Å². The Kier molecular flexibility index (Phi) is 4.39. The second-order valence-electron chi connectivity index (χ2n) is 4.90. The second-order valence-corrected chi connectivity index (χ2v) is 4.90. The summed E-state index contributed by atoms with van der Waals surface area (Å²) in [4.78, 5) is 23.0. The maximum Gasteiger partial charge on any atom is 0.323 e. The lowest BCUT2D eigenvalue weighted by molar-refractivity contribution is -0.162. The molecule has 0 radical (unpaired) electrons. The maximum atomic E-state index is 11.8. The van der Waals surface area contributed by atoms with Crippen molar-refractivity contribution in [2.75, 3.05) is 13.2 Å². The highest BCUT2D eigenvalue weighted by molar-refractivity contribution is 6.03. The van der Waals surface area contributed by atoms with Crippen molar-refractivity contribution in [2.24, 2.45) is 11.3 Å². The molecule has 1 aromatic carbocycles. The molecule has 5 heteroatoms. The van der Waals surface area contributed by atoms with Gasteiger partial charge in [0.15, 0.2) is 5.41 Å². The van der Waals surface area contributed by atoms with Gasteiger partial charge in [0.25, 0.3) is 0 Å². The summed E-state index contributed by atoms with van der Waals surface area (Å²) in [5.74, 6) is -2.08. The van der Waals surface area contributed by atoms with Crippen LogP contribution in [-0.4, -0.2) is 30.3 Å². The van der Waals surface area contributed by atoms with Crippen molar-refractivity contribution < 1.29 is 24.2 Å². The van der Waals surface area contributed by atoms with E-state index in [4.69, 9.17) is 9.47 Å². The van der Waals surface area contributed by atoms with Crippen LogP contribution in [0.25, 0.3) is 0 Å². The average molecular weight is 278 g/mol. The summed E-state index contributed by atoms with van der Waals surface area (Å²) >= 11 is 0. The third-order valence-corrected chi connectivity index (χ3v) is 3.56. The summed E-state index contributed by atoms with van der Waals surface area (Å²) in [6.45, 7) is 2.51. The molecule has 1 aliphatic carbocycles. The van der Waals surface area contributed by atoms with E-state index < -0.39 is 17.4 Å². The molecular weight excluding hydrogens is 260 g/mol. The molecule has 0 saturated heterocycles. The number of carbonyl (C=O) groups is 2. The summed E-state index contributed by atoms with van der Waals surface area (Å²) in [6.07, 6.45) is 0.288. The van der Waals surface area contributed by atoms with E-state index in [1.165, 1.54) is 0 Å². The van der Waals surface area contributed by atoms with E-state index in [0.29, 0.717) is 6.61 Å². The number of ether oxygens (including phenoxy) is 2. The van der Waals surface area contributed by atoms with Gasteiger partial charge in [0.1, 0.15) is 0 Å². The zero-order chi connectivity index (χ0) is 14.6. The van der Waals surface area contributed by atoms with Crippen LogP contribution in [0, 0.1) is 11.3 Å². The van der Waals surface area contributed by atoms with E-state index in [2.05, 4.69) is 0 Å². The summed E-state index contributed by atoms with van der Waals surface area (Å²) in [5, 5.41) is 9.23. The maximum absolute atomic E-state index is 11.8. The van der Waals surface area contributed by atoms with Gasteiger partial charge in [0, 0.05) is 5.92 Å². The van der Waals surface area contributed by atoms with Crippen LogP contribution in [0.5, 0.6) is 0 Å². The minimum absolute atomic E-state index is 0.186. The largest absolute Gasteiger partial charge is 0.480 e. The van der Waals surface area contributed by atoms with E-state index >= 15 is 0 Å². The fourth-order valence-corrected chi connectivity index (χ4v) is 2.28. The van der Waals surface area contributed by atoms with E-state index in [1.807, 2.05) is 30.3 Å². The Morgan fingerprint density at radius 1 is 1.35 bits per heavy atom. The molecule has 2 rings (SSSR count). The first-order valence-corrected chi connectivity index (χ1v) is 6.63. The molecule has 0 unspecified atom stereocenters. The van der Waals surface area contributed by atoms with Gasteiger partial charge in [-0.2, -0.15) is 0 Å². The van der Waals surface area contributed by atoms with Gasteiger partial charge in [-0.1, -0.05) is 30.3 Å². The van der Waals surface area contributed by atoms with Crippen molar-refractivity contribution in [2.45, 2.75) is 20.0 Å². The quantitative estimate of drug-likeness (QED) is 0.608. The lowest BCUT2D eigenvalue weighted by Gasteiger charge is -2.11. The summed E-state index contributed by atoms with van der Waals surface area (Å²) in [5.41, 5.74) is -0.377. The third kappa shape index (κ3) is 2.82. The highest BCUT2D eigenvalue weighted by atomic mass is 16.5. The Labute approximate surface area is 117 Å². The van der Waals surface area contributed by atoms with Crippen LogP contribution in [0.15, 0.2) is 30.3 Å². The van der Waals surface area contributed by atoms with Gasteiger partial charge < -0.3 is 14.6 Å². The van der Waals surface area contributed by atoms with Gasteiger partial charge in [-0.25, -0.2) is 0 Å². The van der Waals surface area contributed by atoms with E-state index in [0.717, 1.165) is 5.56 Å². The normalized spacial score (nSPS) is 24.1. The van der Waals surface area contributed by atoms with Crippen molar-refractivity contribution in [3.63, 3.8) is 0 Å². The molecule has 0 amide bonds. The minimum Gasteiger partial charge on any atom is -0.480 e. The first-order chi connectivity index (χ1) is 9.61. The number of hydrogen-bond acceptors (Lipinski definition) is 4. The fraction of sp³-hybridized carbons (Fsp3) is 0.467. The van der Waals surface area contributed by atoms with Crippen molar-refractivity contribution >= 4 is 11.9 Å². The second kappa shape index (κ2) is 6.05. The zero-order valence-corrected chi connectivity index (χ0v) is 11.4. The minimum atomic E-state index is -1.40. The molecule has 20 heavy (non-hydrogen) atoms. The molecule has 1 aliphatic rings. The van der Waals surface area contributed by atoms with E-state index in [9.17, 15) is 14.7 Å². The Morgan fingerprint density at radius 3 is 2.65 bits per heavy atom. The number of carboxylic acids is 1. The van der Waals surface area contributed by atoms with E-state index in [-0.39, 0.29) is 25.6 Å². The van der Waals surface area contributed by atoms with Gasteiger partial charge in [-0.15, -0.1) is 0 Å². The molecule has 0 heterocycles. The molecule has 108 valence electrons. The molecule has 1 saturated carbocycles. The fourth-order valence-electron chi connectivity index (χ4n) is 2.28. The molecule has 0 aromatic heterocycles. The van der Waals surface area contributed by atoms with E-state index in [1.54, 1.807) is 6.92 Å². The number of rotatable bonds is 7. The number of carboxylic acid groups (broad SMARTS) is 1. The Morgan fingerprint density at radius 2 is 2.05 bits per heavy atom. The van der Waals surface area contributed by atoms with Crippen LogP contribution in [-0.2, 0) is 25.7 Å². The molecule has 1 N–H and O–H groups in total. The smallest absolute Gasteiger partial charge is 0.323 e. The molecule has 2 atom stereocenters. The van der Waals surface area contributed by atoms with Crippen molar-refractivity contribution in [3.05, 3.63) is 35.9 Å². The Bertz CT molecular complexity index is 484. The van der Waals surface area contributed by atoms with Crippen LogP contribution in [0.3, 0.4) is 0 Å². The first-order valence-electron chi connectivity index (χ1n) is 6.63. The predicted molar refractivity (Wildman–Crippen MR) is 70.9 cm³/mol. The first kappa shape index (κ1) is 14.5. The molecule has 0 bridgehead atoms. The molecule has 0 spiro atoms. The highest BCUT2D eigenvalue weighted by Gasteiger charge is 2.67. The Balaban J connectivity index is 1.86. The molecular formula is C15H18O5. The monoisotopic (exact) mass is 278 g/mol. The van der Waals surface area contributed by atoms with Crippen LogP contribution >= 0.6 is 0 Å². The SMILES string of the molecule is CCOC(=O)[C@]1(C(=O)O)C[C@@H]1COCc1ccccc1. The van der Waals surface area contributed by atoms with Crippen LogP contribution in [0.4, 0.5) is 0 Å². The number of hydrogen-bond donors (Lipinski definition) is 1. The third-order valence-electron chi connectivity index (χ3n) is 3.56. The number of benzene rings is 1. The summed E-state index contributed by atoms with van der Waals surface area (Å²) in [6, 6.07) is 9.61. The average Bonchev–Trinajstić information content (AvgIpc) is 3.16. The lowest BCUT2D eigenvalue weighted by atomic mass is 10.1. The molecule has 0 aliphatic heterocycles. The van der Waals surface area contributed by atoms with Crippen molar-refractivity contribution in [1.29, 1.82) is 0 Å². The topological polar surface area (TPSA) is 72.8 Å². The molecule has 1 aromatic rings. The van der Waals surface area contributed by atoms with Gasteiger partial charge >= 0.3 is 11.9 Å². The number of aliphatic carboxylic acids is 1. The van der Waals surface area contributed by atoms with Gasteiger partial charge in [-0.3, -0.25) is 9.59 Å². The zero-order valence-electron chi connectivity index (χ0n) is 11.4. The lowest BCUT2D eigenvalue weighted by Crippen LogP contribution is -2.30. The number of carbonyl (C=O) groups excluding carboxylic acids is 1. The van der Waals surface area contributed by atoms with Crippen LogP contribution in [0.1, 0.15) is 18.9 Å². The van der Waals surface area contributed by atoms with Crippen molar-refractivity contribution in [3.8, 4) is 0 Å². The number of esters is 1. The van der Waals surface area contributed by atoms with Crippen molar-refractivity contribution in [1.82, 2.24) is 0 Å². The highest BCUT2D eigenvalue weighted by Crippen LogP contribution is 2.54. The van der Waals surface area contributed by atoms with Gasteiger partial charge in [0.2, 0.25) is 0 Å². The predicted octanol–water partition coefficient (Wildman–Crippen LogP) is 1.86. The standard InChI is InChI=1S/C15H18O5/c1-2-20-14(18)15(13(16)17)8-12(15)10-19-9-11-6-4-3-5-7-11/h3-7,12H,2,8-10H2,1H3,(H,16,17)/t12-,15-/m1/s1. The molecule has 5 nitrogen and oxygen atoms in total. The van der Waals surface area contributed by atoms with Crippen LogP contribution in [0.2, 0.25) is 0 Å². The van der Waals surface area contributed by atoms with Crippen LogP contribution < -0.4 is 0 Å². The molecule has 1 fully saturated rings. The summed E-state index contributed by atoms with van der Waals surface area (Å²) in [7, 11) is 0. The van der Waals surface area contributed by atoms with Gasteiger partial charge in [-0.05, 0) is 18.9 Å².